The normalized spacial score (nSPS) is 20.3. The third-order valence-corrected chi connectivity index (χ3v) is 3.93. The van der Waals surface area contributed by atoms with Gasteiger partial charge in [0.2, 0.25) is 5.91 Å². The third kappa shape index (κ3) is 3.57. The standard InChI is InChI=1S/C16H18N4O3/c21-15(13-6-7-14(19-13)16(22)23)17-10-11-2-4-12(5-3-11)20-9-1-8-18-20/h1-5,8-9,13-14,19H,6-7,10H2,(H,17,21)(H,22,23)/t13-,14+/m1/s1. The van der Waals surface area contributed by atoms with Gasteiger partial charge in [-0.3, -0.25) is 14.9 Å². The predicted molar refractivity (Wildman–Crippen MR) is 83.0 cm³/mol. The van der Waals surface area contributed by atoms with Crippen LogP contribution in [0, 0.1) is 0 Å². The summed E-state index contributed by atoms with van der Waals surface area (Å²) in [5.41, 5.74) is 1.92. The maximum absolute atomic E-state index is 12.1. The summed E-state index contributed by atoms with van der Waals surface area (Å²) in [6.45, 7) is 0.411. The van der Waals surface area contributed by atoms with E-state index in [0.717, 1.165) is 11.3 Å². The van der Waals surface area contributed by atoms with Crippen LogP contribution in [0.5, 0.6) is 0 Å². The maximum atomic E-state index is 12.1. The first-order valence-corrected chi connectivity index (χ1v) is 7.49. The van der Waals surface area contributed by atoms with Crippen molar-refractivity contribution in [2.24, 2.45) is 0 Å². The molecule has 0 bridgehead atoms. The first kappa shape index (κ1) is 15.2. The Morgan fingerprint density at radius 3 is 2.61 bits per heavy atom. The highest BCUT2D eigenvalue weighted by molar-refractivity contribution is 5.84. The minimum Gasteiger partial charge on any atom is -0.480 e. The maximum Gasteiger partial charge on any atom is 0.320 e. The van der Waals surface area contributed by atoms with Crippen LogP contribution in [-0.2, 0) is 16.1 Å². The molecule has 0 spiro atoms. The Hall–Kier alpha value is -2.67. The van der Waals surface area contributed by atoms with Crippen molar-refractivity contribution in [2.45, 2.75) is 31.5 Å². The smallest absolute Gasteiger partial charge is 0.320 e. The van der Waals surface area contributed by atoms with Gasteiger partial charge in [-0.05, 0) is 36.6 Å². The number of carbonyl (C=O) groups is 2. The second-order valence-electron chi connectivity index (χ2n) is 5.52. The zero-order chi connectivity index (χ0) is 16.2. The van der Waals surface area contributed by atoms with E-state index >= 15 is 0 Å². The summed E-state index contributed by atoms with van der Waals surface area (Å²) < 4.78 is 1.76. The highest BCUT2D eigenvalue weighted by Gasteiger charge is 2.32. The van der Waals surface area contributed by atoms with E-state index in [0.29, 0.717) is 19.4 Å². The lowest BCUT2D eigenvalue weighted by Gasteiger charge is -2.12. The van der Waals surface area contributed by atoms with Crippen LogP contribution < -0.4 is 10.6 Å². The van der Waals surface area contributed by atoms with Gasteiger partial charge < -0.3 is 10.4 Å². The summed E-state index contributed by atoms with van der Waals surface area (Å²) in [6.07, 6.45) is 4.60. The van der Waals surface area contributed by atoms with Gasteiger partial charge in [0.15, 0.2) is 0 Å². The Kier molecular flexibility index (Phi) is 4.38. The molecular formula is C16H18N4O3. The summed E-state index contributed by atoms with van der Waals surface area (Å²) >= 11 is 0. The molecule has 2 aromatic rings. The van der Waals surface area contributed by atoms with Crippen molar-refractivity contribution in [2.75, 3.05) is 0 Å². The monoisotopic (exact) mass is 314 g/mol. The van der Waals surface area contributed by atoms with Crippen molar-refractivity contribution in [3.8, 4) is 5.69 Å². The lowest BCUT2D eigenvalue weighted by Crippen LogP contribution is -2.44. The van der Waals surface area contributed by atoms with E-state index in [-0.39, 0.29) is 5.91 Å². The molecule has 2 heterocycles. The van der Waals surface area contributed by atoms with Crippen LogP contribution >= 0.6 is 0 Å². The van der Waals surface area contributed by atoms with E-state index in [9.17, 15) is 9.59 Å². The van der Waals surface area contributed by atoms with E-state index in [1.54, 1.807) is 10.9 Å². The summed E-state index contributed by atoms with van der Waals surface area (Å²) in [5.74, 6) is -1.07. The molecule has 0 aliphatic carbocycles. The number of nitrogens with one attached hydrogen (secondary N) is 2. The second kappa shape index (κ2) is 6.62. The average Bonchev–Trinajstić information content (AvgIpc) is 3.24. The molecule has 1 amide bonds. The van der Waals surface area contributed by atoms with E-state index in [1.165, 1.54) is 0 Å². The van der Waals surface area contributed by atoms with Gasteiger partial charge in [-0.1, -0.05) is 12.1 Å². The van der Waals surface area contributed by atoms with Crippen LogP contribution in [0.25, 0.3) is 5.69 Å². The number of aromatic nitrogens is 2. The van der Waals surface area contributed by atoms with Gasteiger partial charge in [-0.25, -0.2) is 4.68 Å². The van der Waals surface area contributed by atoms with Gasteiger partial charge in [-0.15, -0.1) is 0 Å². The molecule has 120 valence electrons. The Bertz CT molecular complexity index is 682. The Morgan fingerprint density at radius 1 is 1.26 bits per heavy atom. The molecule has 7 nitrogen and oxygen atoms in total. The predicted octanol–water partition coefficient (Wildman–Crippen LogP) is 0.694. The molecule has 1 aromatic heterocycles. The molecule has 3 rings (SSSR count). The first-order chi connectivity index (χ1) is 11.1. The summed E-state index contributed by atoms with van der Waals surface area (Å²) in [7, 11) is 0. The van der Waals surface area contributed by atoms with E-state index in [1.807, 2.05) is 36.5 Å². The summed E-state index contributed by atoms with van der Waals surface area (Å²) in [5, 5.41) is 18.7. The van der Waals surface area contributed by atoms with E-state index in [2.05, 4.69) is 15.7 Å². The summed E-state index contributed by atoms with van der Waals surface area (Å²) in [6, 6.07) is 8.52. The molecule has 1 saturated heterocycles. The van der Waals surface area contributed by atoms with Gasteiger partial charge in [0.25, 0.3) is 0 Å². The zero-order valence-corrected chi connectivity index (χ0v) is 12.5. The van der Waals surface area contributed by atoms with Gasteiger partial charge in [0.1, 0.15) is 6.04 Å². The first-order valence-electron chi connectivity index (χ1n) is 7.49. The molecule has 0 unspecified atom stereocenters. The fraction of sp³-hybridized carbons (Fsp3) is 0.312. The highest BCUT2D eigenvalue weighted by atomic mass is 16.4. The lowest BCUT2D eigenvalue weighted by atomic mass is 10.1. The van der Waals surface area contributed by atoms with Crippen molar-refractivity contribution in [1.82, 2.24) is 20.4 Å². The number of nitrogens with zero attached hydrogens (tertiary/aromatic N) is 2. The van der Waals surface area contributed by atoms with Crippen molar-refractivity contribution in [3.63, 3.8) is 0 Å². The molecule has 3 N–H and O–H groups in total. The average molecular weight is 314 g/mol. The van der Waals surface area contributed by atoms with Gasteiger partial charge in [0.05, 0.1) is 11.7 Å². The van der Waals surface area contributed by atoms with Crippen LogP contribution in [0.4, 0.5) is 0 Å². The minimum atomic E-state index is -0.908. The van der Waals surface area contributed by atoms with Crippen LogP contribution in [-0.4, -0.2) is 38.8 Å². The summed E-state index contributed by atoms with van der Waals surface area (Å²) in [4.78, 5) is 22.9. The number of amides is 1. The quantitative estimate of drug-likeness (QED) is 0.755. The molecule has 1 aromatic carbocycles. The second-order valence-corrected chi connectivity index (χ2v) is 5.52. The molecule has 1 fully saturated rings. The number of hydrogen-bond acceptors (Lipinski definition) is 4. The molecule has 0 saturated carbocycles. The van der Waals surface area contributed by atoms with Crippen LogP contribution in [0.3, 0.4) is 0 Å². The Labute approximate surface area is 133 Å². The van der Waals surface area contributed by atoms with Crippen LogP contribution in [0.1, 0.15) is 18.4 Å². The fourth-order valence-corrected chi connectivity index (χ4v) is 2.64. The number of carboxylic acids is 1. The molecular weight excluding hydrogens is 296 g/mol. The number of benzene rings is 1. The largest absolute Gasteiger partial charge is 0.480 e. The van der Waals surface area contributed by atoms with Gasteiger partial charge in [-0.2, -0.15) is 5.10 Å². The Balaban J connectivity index is 1.52. The molecule has 1 aliphatic rings. The van der Waals surface area contributed by atoms with Crippen molar-refractivity contribution in [1.29, 1.82) is 0 Å². The lowest BCUT2D eigenvalue weighted by molar-refractivity contribution is -0.139. The zero-order valence-electron chi connectivity index (χ0n) is 12.5. The molecule has 7 heteroatoms. The highest BCUT2D eigenvalue weighted by Crippen LogP contribution is 2.13. The molecule has 23 heavy (non-hydrogen) atoms. The molecule has 1 aliphatic heterocycles. The Morgan fingerprint density at radius 2 is 2.00 bits per heavy atom. The van der Waals surface area contributed by atoms with E-state index in [4.69, 9.17) is 5.11 Å². The number of aliphatic carboxylic acids is 1. The SMILES string of the molecule is O=C(O)[C@@H]1CC[C@H](C(=O)NCc2ccc(-n3cccn3)cc2)N1. The third-order valence-electron chi connectivity index (χ3n) is 3.93. The van der Waals surface area contributed by atoms with Gasteiger partial charge in [0, 0.05) is 18.9 Å². The molecule has 0 radical (unpaired) electrons. The van der Waals surface area contributed by atoms with Crippen LogP contribution in [0.15, 0.2) is 42.7 Å². The van der Waals surface area contributed by atoms with E-state index < -0.39 is 18.1 Å². The number of carbonyl (C=O) groups excluding carboxylic acids is 1. The van der Waals surface area contributed by atoms with Crippen molar-refractivity contribution < 1.29 is 14.7 Å². The number of hydrogen-bond donors (Lipinski definition) is 3. The van der Waals surface area contributed by atoms with Crippen molar-refractivity contribution >= 4 is 11.9 Å². The molecule has 2 atom stereocenters. The van der Waals surface area contributed by atoms with Crippen molar-refractivity contribution in [3.05, 3.63) is 48.3 Å². The van der Waals surface area contributed by atoms with Crippen LogP contribution in [0.2, 0.25) is 0 Å². The minimum absolute atomic E-state index is 0.162. The number of rotatable bonds is 5. The topological polar surface area (TPSA) is 96.2 Å². The fourth-order valence-electron chi connectivity index (χ4n) is 2.64. The number of carboxylic acid groups (broad SMARTS) is 1. The van der Waals surface area contributed by atoms with Gasteiger partial charge >= 0.3 is 5.97 Å².